The van der Waals surface area contributed by atoms with Crippen LogP contribution in [-0.4, -0.2) is 33.7 Å². The Hall–Kier alpha value is -1.50. The van der Waals surface area contributed by atoms with E-state index in [4.69, 9.17) is 5.73 Å². The highest BCUT2D eigenvalue weighted by Crippen LogP contribution is 2.11. The molecule has 7 heteroatoms. The van der Waals surface area contributed by atoms with Crippen LogP contribution in [0.25, 0.3) is 0 Å². The van der Waals surface area contributed by atoms with Crippen LogP contribution in [0.2, 0.25) is 0 Å². The lowest BCUT2D eigenvalue weighted by Crippen LogP contribution is -2.26. The summed E-state index contributed by atoms with van der Waals surface area (Å²) < 4.78 is 24.2. The lowest BCUT2D eigenvalue weighted by atomic mass is 10.2. The number of nitrogen functional groups attached to an aromatic ring is 1. The molecular formula is C10H14FN3O2S. The van der Waals surface area contributed by atoms with Crippen molar-refractivity contribution in [3.63, 3.8) is 0 Å². The quantitative estimate of drug-likeness (QED) is 0.745. The predicted molar refractivity (Wildman–Crippen MR) is 64.5 cm³/mol. The van der Waals surface area contributed by atoms with Crippen molar-refractivity contribution >= 4 is 22.5 Å². The third-order valence-corrected chi connectivity index (χ3v) is 2.92. The number of anilines is 1. The second kappa shape index (κ2) is 6.29. The molecule has 1 amide bonds. The summed E-state index contributed by atoms with van der Waals surface area (Å²) in [4.78, 5) is 15.1. The molecule has 1 rings (SSSR count). The third kappa shape index (κ3) is 4.10. The van der Waals surface area contributed by atoms with E-state index in [1.165, 1.54) is 12.3 Å². The SMILES string of the molecule is CS(=O)CCCNC(=O)c1ccnc(N)c1F. The van der Waals surface area contributed by atoms with Crippen molar-refractivity contribution in [1.29, 1.82) is 0 Å². The first-order valence-corrected chi connectivity index (χ1v) is 6.73. The maximum absolute atomic E-state index is 13.4. The van der Waals surface area contributed by atoms with Crippen molar-refractivity contribution in [3.05, 3.63) is 23.6 Å². The highest BCUT2D eigenvalue weighted by molar-refractivity contribution is 7.84. The fourth-order valence-electron chi connectivity index (χ4n) is 1.21. The van der Waals surface area contributed by atoms with Gasteiger partial charge in [0.05, 0.1) is 5.56 Å². The summed E-state index contributed by atoms with van der Waals surface area (Å²) >= 11 is 0. The van der Waals surface area contributed by atoms with Crippen LogP contribution in [0.15, 0.2) is 12.3 Å². The summed E-state index contributed by atoms with van der Waals surface area (Å²) in [6, 6.07) is 1.26. The van der Waals surface area contributed by atoms with Gasteiger partial charge in [-0.05, 0) is 12.5 Å². The Kier molecular flexibility index (Phi) is 5.02. The van der Waals surface area contributed by atoms with Gasteiger partial charge in [-0.3, -0.25) is 9.00 Å². The number of halogens is 1. The second-order valence-corrected chi connectivity index (χ2v) is 5.00. The van der Waals surface area contributed by atoms with Gasteiger partial charge in [-0.15, -0.1) is 0 Å². The average Bonchev–Trinajstić information content (AvgIpc) is 2.27. The molecule has 0 spiro atoms. The molecule has 0 fully saturated rings. The van der Waals surface area contributed by atoms with Gasteiger partial charge in [0.1, 0.15) is 0 Å². The molecule has 0 aromatic carbocycles. The molecule has 17 heavy (non-hydrogen) atoms. The molecule has 1 unspecified atom stereocenters. The molecule has 0 aliphatic rings. The molecule has 0 aliphatic carbocycles. The Bertz CT molecular complexity index is 440. The maximum Gasteiger partial charge on any atom is 0.254 e. The van der Waals surface area contributed by atoms with Crippen molar-refractivity contribution in [1.82, 2.24) is 10.3 Å². The molecule has 0 aliphatic heterocycles. The van der Waals surface area contributed by atoms with Gasteiger partial charge < -0.3 is 11.1 Å². The summed E-state index contributed by atoms with van der Waals surface area (Å²) in [7, 11) is -0.888. The number of carbonyl (C=O) groups is 1. The van der Waals surface area contributed by atoms with Crippen LogP contribution in [0.5, 0.6) is 0 Å². The van der Waals surface area contributed by atoms with Crippen molar-refractivity contribution in [2.45, 2.75) is 6.42 Å². The minimum absolute atomic E-state index is 0.130. The number of hydrogen-bond acceptors (Lipinski definition) is 4. The first-order valence-electron chi connectivity index (χ1n) is 5.00. The maximum atomic E-state index is 13.4. The van der Waals surface area contributed by atoms with Crippen molar-refractivity contribution in [2.75, 3.05) is 24.3 Å². The van der Waals surface area contributed by atoms with E-state index in [9.17, 15) is 13.4 Å². The molecule has 0 bridgehead atoms. The number of nitrogens with one attached hydrogen (secondary N) is 1. The molecule has 1 aromatic heterocycles. The largest absolute Gasteiger partial charge is 0.381 e. The third-order valence-electron chi connectivity index (χ3n) is 2.05. The van der Waals surface area contributed by atoms with Gasteiger partial charge in [0.15, 0.2) is 11.6 Å². The standard InChI is InChI=1S/C10H14FN3O2S/c1-17(16)6-2-4-14-10(15)7-3-5-13-9(12)8(7)11/h3,5H,2,4,6H2,1H3,(H2,12,13)(H,14,15). The molecule has 1 atom stereocenters. The molecule has 1 aromatic rings. The lowest BCUT2D eigenvalue weighted by Gasteiger charge is -2.06. The zero-order chi connectivity index (χ0) is 12.8. The normalized spacial score (nSPS) is 12.1. The van der Waals surface area contributed by atoms with Gasteiger partial charge >= 0.3 is 0 Å². The van der Waals surface area contributed by atoms with E-state index in [2.05, 4.69) is 10.3 Å². The zero-order valence-electron chi connectivity index (χ0n) is 9.40. The van der Waals surface area contributed by atoms with Crippen molar-refractivity contribution in [3.8, 4) is 0 Å². The van der Waals surface area contributed by atoms with Gasteiger partial charge in [0, 0.05) is 35.5 Å². The Labute approximate surface area is 101 Å². The minimum atomic E-state index is -0.888. The molecule has 1 heterocycles. The average molecular weight is 259 g/mol. The van der Waals surface area contributed by atoms with Crippen LogP contribution < -0.4 is 11.1 Å². The molecular weight excluding hydrogens is 245 g/mol. The highest BCUT2D eigenvalue weighted by atomic mass is 32.2. The van der Waals surface area contributed by atoms with Gasteiger partial charge in [-0.25, -0.2) is 9.37 Å². The van der Waals surface area contributed by atoms with E-state index >= 15 is 0 Å². The molecule has 5 nitrogen and oxygen atoms in total. The molecule has 0 saturated heterocycles. The summed E-state index contributed by atoms with van der Waals surface area (Å²) in [6.45, 7) is 0.347. The van der Waals surface area contributed by atoms with Crippen molar-refractivity contribution < 1.29 is 13.4 Å². The Morgan fingerprint density at radius 2 is 2.35 bits per heavy atom. The monoisotopic (exact) mass is 259 g/mol. The first-order chi connectivity index (χ1) is 8.02. The summed E-state index contributed by atoms with van der Waals surface area (Å²) in [5.74, 6) is -1.16. The fraction of sp³-hybridized carbons (Fsp3) is 0.400. The summed E-state index contributed by atoms with van der Waals surface area (Å²) in [6.07, 6.45) is 3.44. The smallest absolute Gasteiger partial charge is 0.254 e. The number of hydrogen-bond donors (Lipinski definition) is 2. The van der Waals surface area contributed by atoms with Crippen LogP contribution in [-0.2, 0) is 10.8 Å². The zero-order valence-corrected chi connectivity index (χ0v) is 10.2. The number of aromatic nitrogens is 1. The molecule has 3 N–H and O–H groups in total. The van der Waals surface area contributed by atoms with E-state index in [1.807, 2.05) is 0 Å². The molecule has 0 radical (unpaired) electrons. The highest BCUT2D eigenvalue weighted by Gasteiger charge is 2.13. The number of pyridine rings is 1. The van der Waals surface area contributed by atoms with Crippen LogP contribution in [0.3, 0.4) is 0 Å². The topological polar surface area (TPSA) is 85.1 Å². The summed E-state index contributed by atoms with van der Waals surface area (Å²) in [5.41, 5.74) is 5.12. The number of nitrogens with zero attached hydrogens (tertiary/aromatic N) is 1. The van der Waals surface area contributed by atoms with Crippen LogP contribution in [0.1, 0.15) is 16.8 Å². The predicted octanol–water partition coefficient (Wildman–Crippen LogP) is 0.301. The van der Waals surface area contributed by atoms with Gasteiger partial charge in [0.25, 0.3) is 5.91 Å². The van der Waals surface area contributed by atoms with Gasteiger partial charge in [0.2, 0.25) is 0 Å². The number of nitrogens with two attached hydrogens (primary N) is 1. The van der Waals surface area contributed by atoms with E-state index in [0.717, 1.165) is 0 Å². The Morgan fingerprint density at radius 1 is 1.65 bits per heavy atom. The molecule has 0 saturated carbocycles. The molecule has 94 valence electrons. The van der Waals surface area contributed by atoms with Gasteiger partial charge in [-0.1, -0.05) is 0 Å². The van der Waals surface area contributed by atoms with E-state index in [-0.39, 0.29) is 11.4 Å². The second-order valence-electron chi connectivity index (χ2n) is 3.44. The summed E-state index contributed by atoms with van der Waals surface area (Å²) in [5, 5.41) is 2.53. The van der Waals surface area contributed by atoms with Crippen LogP contribution >= 0.6 is 0 Å². The minimum Gasteiger partial charge on any atom is -0.381 e. The number of amides is 1. The van der Waals surface area contributed by atoms with E-state index < -0.39 is 22.5 Å². The first kappa shape index (κ1) is 13.6. The fourth-order valence-corrected chi connectivity index (χ4v) is 1.76. The Morgan fingerprint density at radius 3 is 3.00 bits per heavy atom. The van der Waals surface area contributed by atoms with Gasteiger partial charge in [-0.2, -0.15) is 0 Å². The van der Waals surface area contributed by atoms with Crippen molar-refractivity contribution in [2.24, 2.45) is 0 Å². The van der Waals surface area contributed by atoms with E-state index in [1.54, 1.807) is 6.26 Å². The van der Waals surface area contributed by atoms with Crippen LogP contribution in [0.4, 0.5) is 10.2 Å². The number of rotatable bonds is 5. The number of carbonyl (C=O) groups excluding carboxylic acids is 1. The van der Waals surface area contributed by atoms with E-state index in [0.29, 0.717) is 18.7 Å². The van der Waals surface area contributed by atoms with Crippen LogP contribution in [0, 0.1) is 5.82 Å². The lowest BCUT2D eigenvalue weighted by molar-refractivity contribution is 0.0949. The Balaban J connectivity index is 2.53.